The van der Waals surface area contributed by atoms with E-state index in [-0.39, 0.29) is 11.9 Å². The van der Waals surface area contributed by atoms with Gasteiger partial charge >= 0.3 is 0 Å². The normalized spacial score (nSPS) is 12.4. The van der Waals surface area contributed by atoms with Gasteiger partial charge in [-0.3, -0.25) is 4.79 Å². The summed E-state index contributed by atoms with van der Waals surface area (Å²) < 4.78 is 1.78. The number of H-pyrrole nitrogens is 1. The van der Waals surface area contributed by atoms with E-state index in [2.05, 4.69) is 25.4 Å². The second-order valence-electron chi connectivity index (χ2n) is 4.28. The molecule has 0 aliphatic rings. The van der Waals surface area contributed by atoms with Gasteiger partial charge in [0.05, 0.1) is 6.04 Å². The van der Waals surface area contributed by atoms with Gasteiger partial charge in [-0.05, 0) is 20.3 Å². The zero-order valence-corrected chi connectivity index (χ0v) is 11.3. The van der Waals surface area contributed by atoms with Gasteiger partial charge in [0.2, 0.25) is 0 Å². The summed E-state index contributed by atoms with van der Waals surface area (Å²) in [6.07, 6.45) is 3.87. The van der Waals surface area contributed by atoms with Crippen molar-refractivity contribution in [3.63, 3.8) is 0 Å². The number of carbonyl (C=O) groups is 1. The van der Waals surface area contributed by atoms with Crippen molar-refractivity contribution in [2.24, 2.45) is 0 Å². The topological polar surface area (TPSA) is 88.5 Å². The Bertz CT molecular complexity index is 558. The van der Waals surface area contributed by atoms with E-state index in [1.165, 1.54) is 6.33 Å². The number of aromatic amines is 1. The molecular weight excluding hydrogens is 244 g/mol. The van der Waals surface area contributed by atoms with Crippen LogP contribution in [0.4, 0.5) is 0 Å². The Balaban J connectivity index is 2.13. The first-order chi connectivity index (χ1) is 9.15. The Kier molecular flexibility index (Phi) is 3.94. The highest BCUT2D eigenvalue weighted by Gasteiger charge is 2.20. The molecule has 0 radical (unpaired) electrons. The first-order valence-electron chi connectivity index (χ1n) is 6.35. The number of amides is 1. The first-order valence-corrected chi connectivity index (χ1v) is 6.35. The van der Waals surface area contributed by atoms with Crippen LogP contribution in [0.5, 0.6) is 0 Å². The van der Waals surface area contributed by atoms with E-state index < -0.39 is 0 Å². The molecule has 2 rings (SSSR count). The van der Waals surface area contributed by atoms with Crippen molar-refractivity contribution in [2.75, 3.05) is 0 Å². The highest BCUT2D eigenvalue weighted by atomic mass is 16.2. The first kappa shape index (κ1) is 13.3. The van der Waals surface area contributed by atoms with Crippen molar-refractivity contribution in [1.82, 2.24) is 30.0 Å². The number of hydrogen-bond acceptors (Lipinski definition) is 4. The number of aryl methyl sites for hydroxylation is 2. The van der Waals surface area contributed by atoms with Crippen LogP contribution >= 0.6 is 0 Å². The zero-order valence-electron chi connectivity index (χ0n) is 11.3. The maximum absolute atomic E-state index is 12.1. The molecule has 2 N–H and O–H groups in total. The summed E-state index contributed by atoms with van der Waals surface area (Å²) in [7, 11) is 0. The summed E-state index contributed by atoms with van der Waals surface area (Å²) in [5.74, 6) is 0.853. The molecular formula is C12H18N6O. The van der Waals surface area contributed by atoms with E-state index in [1.54, 1.807) is 10.9 Å². The lowest BCUT2D eigenvalue weighted by molar-refractivity contribution is 0.0923. The summed E-state index contributed by atoms with van der Waals surface area (Å²) in [6.45, 7) is 6.56. The van der Waals surface area contributed by atoms with Gasteiger partial charge in [0.25, 0.3) is 5.91 Å². The van der Waals surface area contributed by atoms with Crippen molar-refractivity contribution in [3.05, 3.63) is 29.9 Å². The van der Waals surface area contributed by atoms with Gasteiger partial charge in [0.1, 0.15) is 12.2 Å². The molecule has 1 atom stereocenters. The van der Waals surface area contributed by atoms with Crippen LogP contribution in [0.1, 0.15) is 48.4 Å². The molecule has 7 nitrogen and oxygen atoms in total. The van der Waals surface area contributed by atoms with E-state index >= 15 is 0 Å². The third-order valence-electron chi connectivity index (χ3n) is 2.89. The molecule has 0 fully saturated rings. The van der Waals surface area contributed by atoms with Crippen molar-refractivity contribution >= 4 is 5.91 Å². The number of hydrogen-bond donors (Lipinski definition) is 2. The highest BCUT2D eigenvalue weighted by Crippen LogP contribution is 2.14. The Hall–Kier alpha value is -2.18. The fourth-order valence-electron chi connectivity index (χ4n) is 1.89. The van der Waals surface area contributed by atoms with Gasteiger partial charge in [0, 0.05) is 18.4 Å². The number of carbonyl (C=O) groups excluding carboxylic acids is 1. The summed E-state index contributed by atoms with van der Waals surface area (Å²) in [6, 6.07) is -0.166. The van der Waals surface area contributed by atoms with Crippen molar-refractivity contribution < 1.29 is 4.79 Å². The highest BCUT2D eigenvalue weighted by molar-refractivity contribution is 5.90. The molecule has 102 valence electrons. The average molecular weight is 262 g/mol. The standard InChI is InChI=1S/C12H18N6O/c1-4-9(11-14-7-15-18(11)5-2)17-12(19)10-13-6-8(3)16-10/h6-7,9H,4-5H2,1-3H3,(H,13,16)(H,17,19)/t9-/m0/s1. The lowest BCUT2D eigenvalue weighted by atomic mass is 10.2. The SMILES string of the molecule is CC[C@H](NC(=O)c1ncc(C)[nH]1)c1ncnn1CC. The van der Waals surface area contributed by atoms with Crippen LogP contribution in [0.15, 0.2) is 12.5 Å². The maximum atomic E-state index is 12.1. The average Bonchev–Trinajstić information content (AvgIpc) is 3.03. The van der Waals surface area contributed by atoms with Gasteiger partial charge in [0.15, 0.2) is 5.82 Å². The number of nitrogens with one attached hydrogen (secondary N) is 2. The number of nitrogens with zero attached hydrogens (tertiary/aromatic N) is 4. The number of aromatic nitrogens is 5. The monoisotopic (exact) mass is 262 g/mol. The second kappa shape index (κ2) is 5.64. The lowest BCUT2D eigenvalue weighted by Crippen LogP contribution is -2.31. The molecule has 2 aromatic heterocycles. The summed E-state index contributed by atoms with van der Waals surface area (Å²) >= 11 is 0. The van der Waals surface area contributed by atoms with Gasteiger partial charge < -0.3 is 10.3 Å². The Morgan fingerprint density at radius 1 is 1.47 bits per heavy atom. The molecule has 2 heterocycles. The zero-order chi connectivity index (χ0) is 13.8. The fraction of sp³-hybridized carbons (Fsp3) is 0.500. The predicted octanol–water partition coefficient (Wildman–Crippen LogP) is 1.21. The summed E-state index contributed by atoms with van der Waals surface area (Å²) in [5, 5.41) is 7.04. The molecule has 0 saturated heterocycles. The minimum absolute atomic E-state index is 0.166. The van der Waals surface area contributed by atoms with Crippen LogP contribution in [0.2, 0.25) is 0 Å². The minimum Gasteiger partial charge on any atom is -0.339 e. The largest absolute Gasteiger partial charge is 0.339 e. The predicted molar refractivity (Wildman–Crippen MR) is 69.5 cm³/mol. The van der Waals surface area contributed by atoms with E-state index in [4.69, 9.17) is 0 Å². The molecule has 0 aliphatic carbocycles. The molecule has 0 spiro atoms. The third-order valence-corrected chi connectivity index (χ3v) is 2.89. The van der Waals surface area contributed by atoms with E-state index in [0.29, 0.717) is 5.82 Å². The Labute approximate surface area is 111 Å². The minimum atomic E-state index is -0.231. The summed E-state index contributed by atoms with van der Waals surface area (Å²) in [4.78, 5) is 23.2. The van der Waals surface area contributed by atoms with Crippen LogP contribution in [-0.4, -0.2) is 30.6 Å². The smallest absolute Gasteiger partial charge is 0.287 e. The number of imidazole rings is 1. The van der Waals surface area contributed by atoms with Crippen LogP contribution in [0.3, 0.4) is 0 Å². The summed E-state index contributed by atoms with van der Waals surface area (Å²) in [5.41, 5.74) is 0.856. The van der Waals surface area contributed by atoms with Crippen molar-refractivity contribution in [1.29, 1.82) is 0 Å². The van der Waals surface area contributed by atoms with Crippen LogP contribution in [0.25, 0.3) is 0 Å². The Morgan fingerprint density at radius 2 is 2.26 bits per heavy atom. The molecule has 0 aliphatic heterocycles. The van der Waals surface area contributed by atoms with Gasteiger partial charge in [-0.1, -0.05) is 6.92 Å². The second-order valence-corrected chi connectivity index (χ2v) is 4.28. The van der Waals surface area contributed by atoms with Crippen LogP contribution in [-0.2, 0) is 6.54 Å². The quantitative estimate of drug-likeness (QED) is 0.847. The van der Waals surface area contributed by atoms with Gasteiger partial charge in [-0.2, -0.15) is 5.10 Å². The third kappa shape index (κ3) is 2.81. The van der Waals surface area contributed by atoms with Crippen LogP contribution < -0.4 is 5.32 Å². The molecule has 0 bridgehead atoms. The lowest BCUT2D eigenvalue weighted by Gasteiger charge is -2.15. The van der Waals surface area contributed by atoms with Crippen molar-refractivity contribution in [3.8, 4) is 0 Å². The van der Waals surface area contributed by atoms with E-state index in [9.17, 15) is 4.79 Å². The van der Waals surface area contributed by atoms with Crippen molar-refractivity contribution in [2.45, 2.75) is 39.8 Å². The van der Waals surface area contributed by atoms with E-state index in [0.717, 1.165) is 24.5 Å². The molecule has 7 heteroatoms. The maximum Gasteiger partial charge on any atom is 0.287 e. The van der Waals surface area contributed by atoms with Gasteiger partial charge in [-0.25, -0.2) is 14.6 Å². The fourth-order valence-corrected chi connectivity index (χ4v) is 1.89. The Morgan fingerprint density at radius 3 is 2.84 bits per heavy atom. The molecule has 2 aromatic rings. The van der Waals surface area contributed by atoms with E-state index in [1.807, 2.05) is 20.8 Å². The molecule has 0 unspecified atom stereocenters. The molecule has 0 saturated carbocycles. The van der Waals surface area contributed by atoms with Gasteiger partial charge in [-0.15, -0.1) is 0 Å². The molecule has 0 aromatic carbocycles. The molecule has 1 amide bonds. The number of rotatable bonds is 5. The van der Waals surface area contributed by atoms with Crippen LogP contribution in [0, 0.1) is 6.92 Å². The molecule has 19 heavy (non-hydrogen) atoms.